The molecule has 0 atom stereocenters. The lowest BCUT2D eigenvalue weighted by Gasteiger charge is -2.23. The van der Waals surface area contributed by atoms with Crippen LogP contribution in [-0.4, -0.2) is 40.3 Å². The third-order valence-electron chi connectivity index (χ3n) is 7.88. The number of benzene rings is 1. The second kappa shape index (κ2) is 14.5. The number of hydrogen-bond acceptors (Lipinski definition) is 6. The first-order chi connectivity index (χ1) is 19.8. The van der Waals surface area contributed by atoms with Gasteiger partial charge >= 0.3 is 5.97 Å². The number of carboxylic acids is 1. The molecule has 0 saturated heterocycles. The number of hydrogen-bond donors (Lipinski definition) is 2. The second-order valence-electron chi connectivity index (χ2n) is 11.1. The van der Waals surface area contributed by atoms with E-state index in [1.807, 2.05) is 12.1 Å². The molecule has 1 aliphatic rings. The van der Waals surface area contributed by atoms with Crippen molar-refractivity contribution < 1.29 is 18.3 Å². The number of sulfonamides is 1. The Labute approximate surface area is 244 Å². The summed E-state index contributed by atoms with van der Waals surface area (Å²) < 4.78 is 28.7. The molecule has 1 aromatic carbocycles. The average Bonchev–Trinajstić information content (AvgIpc) is 3.77. The number of carbonyl (C=O) groups is 1. The zero-order chi connectivity index (χ0) is 29.1. The molecule has 220 valence electrons. The number of aliphatic carboxylic acids is 1. The van der Waals surface area contributed by atoms with E-state index in [-0.39, 0.29) is 29.9 Å². The van der Waals surface area contributed by atoms with Gasteiger partial charge in [-0.25, -0.2) is 13.4 Å². The van der Waals surface area contributed by atoms with Crippen LogP contribution in [0.2, 0.25) is 0 Å². The zero-order valence-electron chi connectivity index (χ0n) is 24.0. The summed E-state index contributed by atoms with van der Waals surface area (Å²) in [6.45, 7) is 2.18. The van der Waals surface area contributed by atoms with E-state index in [0.717, 1.165) is 5.56 Å². The normalized spacial score (nSPS) is 14.2. The highest BCUT2D eigenvalue weighted by atomic mass is 32.2. The lowest BCUT2D eigenvalue weighted by molar-refractivity contribution is -0.134. The van der Waals surface area contributed by atoms with Gasteiger partial charge < -0.3 is 10.4 Å². The molecule has 1 fully saturated rings. The van der Waals surface area contributed by atoms with Gasteiger partial charge in [-0.1, -0.05) is 82.2 Å². The van der Waals surface area contributed by atoms with Crippen LogP contribution >= 0.6 is 0 Å². The van der Waals surface area contributed by atoms with Gasteiger partial charge in [-0.15, -0.1) is 0 Å². The molecule has 1 saturated carbocycles. The van der Waals surface area contributed by atoms with Gasteiger partial charge in [-0.05, 0) is 60.1 Å². The highest BCUT2D eigenvalue weighted by Gasteiger charge is 2.43. The molecule has 1 aliphatic carbocycles. The Hall–Kier alpha value is -3.30. The standard InChI is InChI=1S/C32H42N4O4S/c1-2-3-4-5-6-7-8-18-32(19-20-32)27-16-14-26(15-17-27)24-36(41(39,40)29-12-10-21-33-22-29)25-28-11-9-13-30(35-28)34-23-31(37)38/h9-17,21-22H,2-8,18-20,23-25H2,1H3,(H,34,35)(H,37,38). The molecule has 0 aliphatic heterocycles. The number of aromatic nitrogens is 2. The molecule has 9 heteroatoms. The van der Waals surface area contributed by atoms with Crippen molar-refractivity contribution in [3.63, 3.8) is 0 Å². The van der Waals surface area contributed by atoms with E-state index in [9.17, 15) is 13.2 Å². The van der Waals surface area contributed by atoms with Crippen LogP contribution in [0.15, 0.2) is 71.9 Å². The minimum Gasteiger partial charge on any atom is -0.480 e. The second-order valence-corrected chi connectivity index (χ2v) is 13.0. The van der Waals surface area contributed by atoms with E-state index in [4.69, 9.17) is 5.11 Å². The fourth-order valence-electron chi connectivity index (χ4n) is 5.31. The summed E-state index contributed by atoms with van der Waals surface area (Å²) in [5.74, 6) is -0.625. The lowest BCUT2D eigenvalue weighted by Crippen LogP contribution is -2.31. The SMILES string of the molecule is CCCCCCCCCC1(c2ccc(CN(Cc3cccc(NCC(=O)O)n3)S(=O)(=O)c3cccnc3)cc2)CC1. The van der Waals surface area contributed by atoms with Crippen LogP contribution in [0.5, 0.6) is 0 Å². The maximum absolute atomic E-state index is 13.7. The van der Waals surface area contributed by atoms with Crippen molar-refractivity contribution in [2.24, 2.45) is 0 Å². The summed E-state index contributed by atoms with van der Waals surface area (Å²) in [5, 5.41) is 11.7. The van der Waals surface area contributed by atoms with Crippen LogP contribution in [0.3, 0.4) is 0 Å². The third-order valence-corrected chi connectivity index (χ3v) is 9.65. The molecule has 2 aromatic heterocycles. The summed E-state index contributed by atoms with van der Waals surface area (Å²) in [5.41, 5.74) is 3.05. The van der Waals surface area contributed by atoms with E-state index < -0.39 is 16.0 Å². The van der Waals surface area contributed by atoms with Crippen LogP contribution in [0.25, 0.3) is 0 Å². The minimum atomic E-state index is -3.87. The first-order valence-corrected chi connectivity index (χ1v) is 16.2. The average molecular weight is 579 g/mol. The molecule has 0 unspecified atom stereocenters. The third kappa shape index (κ3) is 8.84. The summed E-state index contributed by atoms with van der Waals surface area (Å²) in [7, 11) is -3.87. The molecular weight excluding hydrogens is 536 g/mol. The number of carboxylic acid groups (broad SMARTS) is 1. The van der Waals surface area contributed by atoms with Crippen LogP contribution in [-0.2, 0) is 33.3 Å². The van der Waals surface area contributed by atoms with Crippen molar-refractivity contribution in [3.8, 4) is 0 Å². The predicted octanol–water partition coefficient (Wildman–Crippen LogP) is 6.54. The summed E-state index contributed by atoms with van der Waals surface area (Å²) >= 11 is 0. The molecule has 0 radical (unpaired) electrons. The predicted molar refractivity (Wildman–Crippen MR) is 161 cm³/mol. The molecule has 2 heterocycles. The number of pyridine rings is 2. The Morgan fingerprint density at radius 2 is 1.68 bits per heavy atom. The first kappa shape index (κ1) is 30.7. The summed E-state index contributed by atoms with van der Waals surface area (Å²) in [6.07, 6.45) is 15.8. The molecule has 0 bridgehead atoms. The maximum atomic E-state index is 13.7. The Bertz CT molecular complexity index is 1360. The summed E-state index contributed by atoms with van der Waals surface area (Å²) in [4.78, 5) is 19.5. The topological polar surface area (TPSA) is 112 Å². The van der Waals surface area contributed by atoms with Gasteiger partial charge in [-0.3, -0.25) is 9.78 Å². The molecular formula is C32H42N4O4S. The largest absolute Gasteiger partial charge is 0.480 e. The van der Waals surface area contributed by atoms with Gasteiger partial charge in [0.1, 0.15) is 17.3 Å². The zero-order valence-corrected chi connectivity index (χ0v) is 24.8. The van der Waals surface area contributed by atoms with Crippen molar-refractivity contribution in [2.75, 3.05) is 11.9 Å². The summed E-state index contributed by atoms with van der Waals surface area (Å²) in [6, 6.07) is 16.7. The highest BCUT2D eigenvalue weighted by Crippen LogP contribution is 2.52. The van der Waals surface area contributed by atoms with Crippen molar-refractivity contribution >= 4 is 21.8 Å². The number of rotatable bonds is 18. The van der Waals surface area contributed by atoms with Crippen LogP contribution in [0.4, 0.5) is 5.82 Å². The van der Waals surface area contributed by atoms with Gasteiger partial charge in [0.25, 0.3) is 0 Å². The van der Waals surface area contributed by atoms with E-state index in [1.54, 1.807) is 30.5 Å². The molecule has 4 rings (SSSR count). The van der Waals surface area contributed by atoms with Gasteiger partial charge in [0.2, 0.25) is 10.0 Å². The van der Waals surface area contributed by atoms with Gasteiger partial charge in [0.05, 0.1) is 12.2 Å². The molecule has 3 aromatic rings. The smallest absolute Gasteiger partial charge is 0.322 e. The molecule has 0 spiro atoms. The van der Waals surface area contributed by atoms with Gasteiger partial charge in [0.15, 0.2) is 0 Å². The maximum Gasteiger partial charge on any atom is 0.322 e. The molecule has 2 N–H and O–H groups in total. The van der Waals surface area contributed by atoms with E-state index >= 15 is 0 Å². The number of nitrogens with zero attached hydrogens (tertiary/aromatic N) is 3. The minimum absolute atomic E-state index is 0.0315. The monoisotopic (exact) mass is 578 g/mol. The van der Waals surface area contributed by atoms with E-state index in [0.29, 0.717) is 11.5 Å². The van der Waals surface area contributed by atoms with Crippen molar-refractivity contribution in [2.45, 2.75) is 94.5 Å². The highest BCUT2D eigenvalue weighted by molar-refractivity contribution is 7.89. The molecule has 0 amide bonds. The fourth-order valence-corrected chi connectivity index (χ4v) is 6.67. The van der Waals surface area contributed by atoms with Crippen molar-refractivity contribution in [1.82, 2.24) is 14.3 Å². The van der Waals surface area contributed by atoms with E-state index in [1.165, 1.54) is 86.3 Å². The van der Waals surface area contributed by atoms with Crippen molar-refractivity contribution in [1.29, 1.82) is 0 Å². The lowest BCUT2D eigenvalue weighted by atomic mass is 9.89. The Kier molecular flexibility index (Phi) is 10.9. The van der Waals surface area contributed by atoms with Crippen molar-refractivity contribution in [3.05, 3.63) is 83.8 Å². The van der Waals surface area contributed by atoms with Gasteiger partial charge in [-0.2, -0.15) is 4.31 Å². The Morgan fingerprint density at radius 3 is 2.34 bits per heavy atom. The Morgan fingerprint density at radius 1 is 0.951 bits per heavy atom. The van der Waals surface area contributed by atoms with Crippen LogP contribution in [0.1, 0.15) is 88.0 Å². The van der Waals surface area contributed by atoms with Crippen LogP contribution in [0, 0.1) is 0 Å². The van der Waals surface area contributed by atoms with Gasteiger partial charge in [0, 0.05) is 18.9 Å². The Balaban J connectivity index is 1.45. The number of unbranched alkanes of at least 4 members (excludes halogenated alkanes) is 6. The molecule has 8 nitrogen and oxygen atoms in total. The quantitative estimate of drug-likeness (QED) is 0.165. The number of anilines is 1. The fraction of sp³-hybridized carbons (Fsp3) is 0.469. The van der Waals surface area contributed by atoms with Crippen LogP contribution < -0.4 is 5.32 Å². The first-order valence-electron chi connectivity index (χ1n) is 14.7. The molecule has 41 heavy (non-hydrogen) atoms. The number of nitrogens with one attached hydrogen (secondary N) is 1. The van der Waals surface area contributed by atoms with E-state index in [2.05, 4.69) is 34.3 Å².